The molecular weight excluding hydrogens is 258 g/mol. The summed E-state index contributed by atoms with van der Waals surface area (Å²) in [5.74, 6) is -1.55. The van der Waals surface area contributed by atoms with Crippen LogP contribution in [-0.2, 0) is 9.53 Å². The summed E-state index contributed by atoms with van der Waals surface area (Å²) in [7, 11) is 1.28. The number of ether oxygens (including phenoxy) is 1. The molecule has 0 saturated heterocycles. The number of anilines is 1. The Hall–Kier alpha value is -2.01. The van der Waals surface area contributed by atoms with Gasteiger partial charge in [-0.15, -0.1) is 0 Å². The highest BCUT2D eigenvalue weighted by molar-refractivity contribution is 6.31. The number of benzene rings is 1. The molecule has 0 amide bonds. The number of esters is 1. The molecule has 1 aromatic carbocycles. The van der Waals surface area contributed by atoms with Crippen molar-refractivity contribution in [2.75, 3.05) is 12.8 Å². The summed E-state index contributed by atoms with van der Waals surface area (Å²) in [6.45, 7) is 0. The molecule has 1 rings (SSSR count). The van der Waals surface area contributed by atoms with Crippen LogP contribution in [-0.4, -0.2) is 24.2 Å². The third-order valence-electron chi connectivity index (χ3n) is 2.22. The third kappa shape index (κ3) is 3.49. The van der Waals surface area contributed by atoms with E-state index in [2.05, 4.69) is 4.74 Å². The number of halogens is 1. The Balaban J connectivity index is 3.02. The molecule has 1 aromatic rings. The Labute approximate surface area is 109 Å². The van der Waals surface area contributed by atoms with E-state index in [1.165, 1.54) is 31.4 Å². The minimum Gasteiger partial charge on any atom is -0.478 e. The molecule has 0 saturated carbocycles. The molecule has 0 spiro atoms. The van der Waals surface area contributed by atoms with E-state index < -0.39 is 11.9 Å². The van der Waals surface area contributed by atoms with Crippen molar-refractivity contribution < 1.29 is 19.4 Å². The van der Waals surface area contributed by atoms with Gasteiger partial charge in [0, 0.05) is 5.02 Å². The second-order valence-electron chi connectivity index (χ2n) is 3.44. The molecular formula is C12H12ClNO4. The van der Waals surface area contributed by atoms with Crippen LogP contribution in [0.1, 0.15) is 22.3 Å². The van der Waals surface area contributed by atoms with Crippen LogP contribution < -0.4 is 5.73 Å². The summed E-state index contributed by atoms with van der Waals surface area (Å²) in [5.41, 5.74) is 6.18. The molecule has 0 heterocycles. The third-order valence-corrected chi connectivity index (χ3v) is 2.44. The maximum Gasteiger partial charge on any atom is 0.337 e. The van der Waals surface area contributed by atoms with Gasteiger partial charge in [0.15, 0.2) is 0 Å². The van der Waals surface area contributed by atoms with Crippen molar-refractivity contribution in [1.29, 1.82) is 0 Å². The molecule has 0 aliphatic carbocycles. The van der Waals surface area contributed by atoms with Crippen molar-refractivity contribution in [1.82, 2.24) is 0 Å². The molecule has 0 fully saturated rings. The van der Waals surface area contributed by atoms with Crippen molar-refractivity contribution in [3.63, 3.8) is 0 Å². The average Bonchev–Trinajstić information content (AvgIpc) is 2.32. The molecule has 0 aliphatic heterocycles. The zero-order chi connectivity index (χ0) is 13.7. The molecule has 6 heteroatoms. The average molecular weight is 270 g/mol. The molecule has 0 unspecified atom stereocenters. The lowest BCUT2D eigenvalue weighted by molar-refractivity contribution is -0.139. The van der Waals surface area contributed by atoms with Crippen LogP contribution in [0.3, 0.4) is 0 Å². The van der Waals surface area contributed by atoms with Crippen LogP contribution in [0.5, 0.6) is 0 Å². The SMILES string of the molecule is COC(=O)CC=Cc1cc(Cl)cc(C(=O)O)c1N. The van der Waals surface area contributed by atoms with Crippen LogP contribution in [0.4, 0.5) is 5.69 Å². The topological polar surface area (TPSA) is 89.6 Å². The Morgan fingerprint density at radius 1 is 1.50 bits per heavy atom. The van der Waals surface area contributed by atoms with Gasteiger partial charge in [-0.05, 0) is 17.7 Å². The summed E-state index contributed by atoms with van der Waals surface area (Å²) >= 11 is 5.79. The number of nitrogen functional groups attached to an aromatic ring is 1. The summed E-state index contributed by atoms with van der Waals surface area (Å²) in [6.07, 6.45) is 3.13. The van der Waals surface area contributed by atoms with E-state index in [-0.39, 0.29) is 22.7 Å². The number of carbonyl (C=O) groups excluding carboxylic acids is 1. The van der Waals surface area contributed by atoms with Gasteiger partial charge < -0.3 is 15.6 Å². The largest absolute Gasteiger partial charge is 0.478 e. The fourth-order valence-electron chi connectivity index (χ4n) is 1.32. The van der Waals surface area contributed by atoms with Crippen LogP contribution >= 0.6 is 11.6 Å². The highest BCUT2D eigenvalue weighted by atomic mass is 35.5. The number of nitrogens with two attached hydrogens (primary N) is 1. The smallest absolute Gasteiger partial charge is 0.337 e. The van der Waals surface area contributed by atoms with Crippen molar-refractivity contribution in [2.45, 2.75) is 6.42 Å². The molecule has 0 aromatic heterocycles. The van der Waals surface area contributed by atoms with Gasteiger partial charge in [-0.1, -0.05) is 23.8 Å². The first-order valence-electron chi connectivity index (χ1n) is 5.01. The Bertz CT molecular complexity index is 511. The summed E-state index contributed by atoms with van der Waals surface area (Å²) in [5, 5.41) is 9.19. The standard InChI is InChI=1S/C12H12ClNO4/c1-18-10(15)4-2-3-7-5-8(13)6-9(11(7)14)12(16)17/h2-3,5-6H,4,14H2,1H3,(H,16,17). The summed E-state index contributed by atoms with van der Waals surface area (Å²) in [4.78, 5) is 21.8. The van der Waals surface area contributed by atoms with E-state index in [4.69, 9.17) is 22.4 Å². The fraction of sp³-hybridized carbons (Fsp3) is 0.167. The van der Waals surface area contributed by atoms with E-state index in [1.54, 1.807) is 0 Å². The van der Waals surface area contributed by atoms with Crippen molar-refractivity contribution in [3.05, 3.63) is 34.4 Å². The first-order chi connectivity index (χ1) is 8.45. The van der Waals surface area contributed by atoms with Gasteiger partial charge in [0.25, 0.3) is 0 Å². The van der Waals surface area contributed by atoms with Crippen LogP contribution in [0.2, 0.25) is 5.02 Å². The van der Waals surface area contributed by atoms with Crippen LogP contribution in [0.25, 0.3) is 6.08 Å². The van der Waals surface area contributed by atoms with E-state index in [0.29, 0.717) is 5.56 Å². The second-order valence-corrected chi connectivity index (χ2v) is 3.88. The highest BCUT2D eigenvalue weighted by Crippen LogP contribution is 2.24. The van der Waals surface area contributed by atoms with Crippen molar-refractivity contribution >= 4 is 35.3 Å². The van der Waals surface area contributed by atoms with Gasteiger partial charge in [-0.2, -0.15) is 0 Å². The number of methoxy groups -OCH3 is 1. The Morgan fingerprint density at radius 3 is 2.72 bits per heavy atom. The quantitative estimate of drug-likeness (QED) is 0.646. The molecule has 3 N–H and O–H groups in total. The normalized spacial score (nSPS) is 10.6. The van der Waals surface area contributed by atoms with Crippen LogP contribution in [0, 0.1) is 0 Å². The van der Waals surface area contributed by atoms with Gasteiger partial charge >= 0.3 is 11.9 Å². The molecule has 0 aliphatic rings. The summed E-state index contributed by atoms with van der Waals surface area (Å²) in [6, 6.07) is 2.80. The Morgan fingerprint density at radius 2 is 2.17 bits per heavy atom. The first-order valence-corrected chi connectivity index (χ1v) is 5.39. The molecule has 0 radical (unpaired) electrons. The number of rotatable bonds is 4. The molecule has 18 heavy (non-hydrogen) atoms. The van der Waals surface area contributed by atoms with Crippen LogP contribution in [0.15, 0.2) is 18.2 Å². The van der Waals surface area contributed by atoms with E-state index >= 15 is 0 Å². The highest BCUT2D eigenvalue weighted by Gasteiger charge is 2.11. The predicted octanol–water partition coefficient (Wildman–Crippen LogP) is 2.20. The molecule has 0 atom stereocenters. The van der Waals surface area contributed by atoms with E-state index in [1.807, 2.05) is 0 Å². The molecule has 5 nitrogen and oxygen atoms in total. The number of carboxylic acid groups (broad SMARTS) is 1. The lowest BCUT2D eigenvalue weighted by atomic mass is 10.1. The van der Waals surface area contributed by atoms with Gasteiger partial charge in [0.2, 0.25) is 0 Å². The minimum absolute atomic E-state index is 0.0692. The maximum atomic E-state index is 10.9. The van der Waals surface area contributed by atoms with E-state index in [0.717, 1.165) is 0 Å². The molecule has 96 valence electrons. The summed E-state index contributed by atoms with van der Waals surface area (Å²) < 4.78 is 4.46. The fourth-order valence-corrected chi connectivity index (χ4v) is 1.55. The zero-order valence-corrected chi connectivity index (χ0v) is 10.4. The van der Waals surface area contributed by atoms with Gasteiger partial charge in [0.1, 0.15) is 0 Å². The predicted molar refractivity (Wildman–Crippen MR) is 68.5 cm³/mol. The number of hydrogen-bond acceptors (Lipinski definition) is 4. The van der Waals surface area contributed by atoms with E-state index in [9.17, 15) is 9.59 Å². The monoisotopic (exact) mass is 269 g/mol. The number of hydrogen-bond donors (Lipinski definition) is 2. The van der Waals surface area contributed by atoms with Crippen molar-refractivity contribution in [2.24, 2.45) is 0 Å². The second kappa shape index (κ2) is 6.07. The van der Waals surface area contributed by atoms with Gasteiger partial charge in [-0.25, -0.2) is 4.79 Å². The number of carbonyl (C=O) groups is 2. The molecule has 0 bridgehead atoms. The first kappa shape index (κ1) is 14.1. The Kier molecular flexibility index (Phi) is 4.74. The minimum atomic E-state index is -1.15. The van der Waals surface area contributed by atoms with Gasteiger partial charge in [0.05, 0.1) is 24.8 Å². The zero-order valence-electron chi connectivity index (χ0n) is 9.64. The lowest BCUT2D eigenvalue weighted by Gasteiger charge is -2.06. The lowest BCUT2D eigenvalue weighted by Crippen LogP contribution is -2.04. The maximum absolute atomic E-state index is 10.9. The number of carboxylic acids is 1. The number of aromatic carboxylic acids is 1. The van der Waals surface area contributed by atoms with Crippen molar-refractivity contribution in [3.8, 4) is 0 Å². The van der Waals surface area contributed by atoms with Gasteiger partial charge in [-0.3, -0.25) is 4.79 Å².